The van der Waals surface area contributed by atoms with Gasteiger partial charge in [0.15, 0.2) is 5.78 Å². The first kappa shape index (κ1) is 12.6. The lowest BCUT2D eigenvalue weighted by Gasteiger charge is -2.19. The Hall–Kier alpha value is -1.88. The Bertz CT molecular complexity index is 456. The Kier molecular flexibility index (Phi) is 3.62. The molecule has 3 N–H and O–H groups in total. The molecule has 0 radical (unpaired) electrons. The van der Waals surface area contributed by atoms with Crippen LogP contribution in [0.2, 0.25) is 0 Å². The summed E-state index contributed by atoms with van der Waals surface area (Å²) in [5.41, 5.74) is 6.73. The van der Waals surface area contributed by atoms with E-state index in [0.29, 0.717) is 24.2 Å². The van der Waals surface area contributed by atoms with Crippen LogP contribution >= 0.6 is 0 Å². The molecule has 0 amide bonds. The van der Waals surface area contributed by atoms with Gasteiger partial charge in [-0.25, -0.2) is 0 Å². The molecule has 1 aliphatic heterocycles. The highest BCUT2D eigenvalue weighted by molar-refractivity contribution is 5.98. The van der Waals surface area contributed by atoms with Crippen LogP contribution in [0.15, 0.2) is 24.3 Å². The fraction of sp³-hybridized carbons (Fsp3) is 0.385. The monoisotopic (exact) mass is 248 g/mol. The van der Waals surface area contributed by atoms with Crippen LogP contribution in [-0.4, -0.2) is 40.9 Å². The van der Waals surface area contributed by atoms with E-state index in [1.54, 1.807) is 29.2 Å². The van der Waals surface area contributed by atoms with Crippen molar-refractivity contribution in [1.82, 2.24) is 4.90 Å². The molecule has 1 atom stereocenters. The summed E-state index contributed by atoms with van der Waals surface area (Å²) in [6.45, 7) is 0.818. The van der Waals surface area contributed by atoms with Crippen LogP contribution in [0.3, 0.4) is 0 Å². The molecule has 1 aromatic rings. The van der Waals surface area contributed by atoms with Crippen LogP contribution in [0.4, 0.5) is 5.69 Å². The first-order valence-electron chi connectivity index (χ1n) is 5.93. The number of nitrogens with two attached hydrogens (primary N) is 1. The fourth-order valence-corrected chi connectivity index (χ4v) is 2.24. The van der Waals surface area contributed by atoms with Gasteiger partial charge in [0.25, 0.3) is 0 Å². The molecule has 1 fully saturated rings. The summed E-state index contributed by atoms with van der Waals surface area (Å²) in [5, 5.41) is 9.03. The number of carbonyl (C=O) groups excluding carboxylic acids is 1. The van der Waals surface area contributed by atoms with Gasteiger partial charge >= 0.3 is 5.97 Å². The Morgan fingerprint density at radius 1 is 1.33 bits per heavy atom. The molecule has 0 aliphatic carbocycles. The smallest absolute Gasteiger partial charge is 0.320 e. The van der Waals surface area contributed by atoms with E-state index in [4.69, 9.17) is 10.8 Å². The highest BCUT2D eigenvalue weighted by Gasteiger charge is 2.31. The summed E-state index contributed by atoms with van der Waals surface area (Å²) >= 11 is 0. The molecule has 96 valence electrons. The number of benzene rings is 1. The predicted octanol–water partition coefficient (Wildman–Crippen LogP) is 1.00. The minimum Gasteiger partial charge on any atom is -0.480 e. The van der Waals surface area contributed by atoms with Gasteiger partial charge in [-0.05, 0) is 43.7 Å². The maximum Gasteiger partial charge on any atom is 0.320 e. The van der Waals surface area contributed by atoms with E-state index in [1.165, 1.54) is 0 Å². The fourth-order valence-electron chi connectivity index (χ4n) is 2.24. The number of likely N-dealkylation sites (tertiary alicyclic amines) is 1. The zero-order valence-corrected chi connectivity index (χ0v) is 10.0. The molecule has 1 aromatic carbocycles. The maximum atomic E-state index is 12.0. The van der Waals surface area contributed by atoms with E-state index in [2.05, 4.69) is 0 Å². The summed E-state index contributed by atoms with van der Waals surface area (Å²) in [4.78, 5) is 24.7. The lowest BCUT2D eigenvalue weighted by atomic mass is 10.1. The van der Waals surface area contributed by atoms with Crippen LogP contribution < -0.4 is 5.73 Å². The summed E-state index contributed by atoms with van der Waals surface area (Å²) in [6, 6.07) is 6.16. The molecule has 0 saturated carbocycles. The first-order chi connectivity index (χ1) is 8.58. The number of carbonyl (C=O) groups is 2. The molecule has 2 rings (SSSR count). The van der Waals surface area contributed by atoms with Crippen LogP contribution in [0.5, 0.6) is 0 Å². The van der Waals surface area contributed by atoms with Crippen molar-refractivity contribution >= 4 is 17.4 Å². The molecule has 0 spiro atoms. The summed E-state index contributed by atoms with van der Waals surface area (Å²) in [6.07, 6.45) is 1.44. The molecule has 0 bridgehead atoms. The molecule has 5 nitrogen and oxygen atoms in total. The molecular weight excluding hydrogens is 232 g/mol. The highest BCUT2D eigenvalue weighted by Crippen LogP contribution is 2.18. The number of ketones is 1. The highest BCUT2D eigenvalue weighted by atomic mass is 16.4. The third-order valence-corrected chi connectivity index (χ3v) is 3.23. The van der Waals surface area contributed by atoms with Gasteiger partial charge in [-0.1, -0.05) is 0 Å². The number of rotatable bonds is 4. The second-order valence-corrected chi connectivity index (χ2v) is 4.51. The number of nitrogens with zero attached hydrogens (tertiary/aromatic N) is 1. The van der Waals surface area contributed by atoms with Crippen molar-refractivity contribution in [1.29, 1.82) is 0 Å². The standard InChI is InChI=1S/C13H16N2O3/c14-10-5-3-9(4-6-10)12(16)8-15-7-1-2-11(15)13(17)18/h3-6,11H,1-2,7-8,14H2,(H,17,18). The quantitative estimate of drug-likeness (QED) is 0.613. The van der Waals surface area contributed by atoms with Crippen molar-refractivity contribution in [3.8, 4) is 0 Å². The van der Waals surface area contributed by atoms with E-state index >= 15 is 0 Å². The number of carboxylic acids is 1. The van der Waals surface area contributed by atoms with Crippen LogP contribution in [-0.2, 0) is 4.79 Å². The summed E-state index contributed by atoms with van der Waals surface area (Å²) in [7, 11) is 0. The Balaban J connectivity index is 2.03. The number of hydrogen-bond donors (Lipinski definition) is 2. The molecule has 1 heterocycles. The second kappa shape index (κ2) is 5.18. The average Bonchev–Trinajstić information content (AvgIpc) is 2.78. The van der Waals surface area contributed by atoms with Crippen molar-refractivity contribution in [2.24, 2.45) is 0 Å². The molecular formula is C13H16N2O3. The van der Waals surface area contributed by atoms with Gasteiger partial charge in [-0.3, -0.25) is 14.5 Å². The number of anilines is 1. The first-order valence-corrected chi connectivity index (χ1v) is 5.93. The largest absolute Gasteiger partial charge is 0.480 e. The van der Waals surface area contributed by atoms with E-state index < -0.39 is 12.0 Å². The molecule has 1 saturated heterocycles. The molecule has 0 aromatic heterocycles. The van der Waals surface area contributed by atoms with Crippen molar-refractivity contribution in [3.05, 3.63) is 29.8 Å². The van der Waals surface area contributed by atoms with Crippen LogP contribution in [0.25, 0.3) is 0 Å². The molecule has 5 heteroatoms. The zero-order chi connectivity index (χ0) is 13.1. The van der Waals surface area contributed by atoms with Crippen molar-refractivity contribution < 1.29 is 14.7 Å². The van der Waals surface area contributed by atoms with E-state index in [9.17, 15) is 9.59 Å². The zero-order valence-electron chi connectivity index (χ0n) is 10.0. The Morgan fingerprint density at radius 3 is 2.61 bits per heavy atom. The van der Waals surface area contributed by atoms with Crippen molar-refractivity contribution in [2.45, 2.75) is 18.9 Å². The number of Topliss-reactive ketones (excluding diaryl/α,β-unsaturated/α-hetero) is 1. The van der Waals surface area contributed by atoms with E-state index in [-0.39, 0.29) is 12.3 Å². The van der Waals surface area contributed by atoms with Crippen molar-refractivity contribution in [2.75, 3.05) is 18.8 Å². The van der Waals surface area contributed by atoms with Gasteiger partial charge in [0.05, 0.1) is 6.54 Å². The number of aliphatic carboxylic acids is 1. The molecule has 1 aliphatic rings. The molecule has 1 unspecified atom stereocenters. The van der Waals surface area contributed by atoms with Gasteiger partial charge in [-0.15, -0.1) is 0 Å². The topological polar surface area (TPSA) is 83.6 Å². The van der Waals surface area contributed by atoms with Crippen LogP contribution in [0.1, 0.15) is 23.2 Å². The van der Waals surface area contributed by atoms with Gasteiger partial charge in [0, 0.05) is 11.3 Å². The number of hydrogen-bond acceptors (Lipinski definition) is 4. The minimum atomic E-state index is -0.849. The minimum absolute atomic E-state index is 0.0665. The van der Waals surface area contributed by atoms with Gasteiger partial charge < -0.3 is 10.8 Å². The normalized spacial score (nSPS) is 19.9. The van der Waals surface area contributed by atoms with E-state index in [1.807, 2.05) is 0 Å². The third kappa shape index (κ3) is 2.68. The summed E-state index contributed by atoms with van der Waals surface area (Å²) < 4.78 is 0. The molecule has 18 heavy (non-hydrogen) atoms. The lowest BCUT2D eigenvalue weighted by Crippen LogP contribution is -2.39. The van der Waals surface area contributed by atoms with Gasteiger partial charge in [-0.2, -0.15) is 0 Å². The average molecular weight is 248 g/mol. The lowest BCUT2D eigenvalue weighted by molar-refractivity contribution is -0.141. The second-order valence-electron chi connectivity index (χ2n) is 4.51. The summed E-state index contributed by atoms with van der Waals surface area (Å²) in [5.74, 6) is -0.916. The van der Waals surface area contributed by atoms with Crippen LogP contribution in [0, 0.1) is 0 Å². The number of carboxylic acid groups (broad SMARTS) is 1. The SMILES string of the molecule is Nc1ccc(C(=O)CN2CCCC2C(=O)O)cc1. The van der Waals surface area contributed by atoms with E-state index in [0.717, 1.165) is 6.42 Å². The van der Waals surface area contributed by atoms with Gasteiger partial charge in [0.1, 0.15) is 6.04 Å². The van der Waals surface area contributed by atoms with Crippen molar-refractivity contribution in [3.63, 3.8) is 0 Å². The Labute approximate surface area is 105 Å². The Morgan fingerprint density at radius 2 is 2.00 bits per heavy atom. The predicted molar refractivity (Wildman–Crippen MR) is 67.4 cm³/mol. The number of nitrogen functional groups attached to an aromatic ring is 1. The van der Waals surface area contributed by atoms with Gasteiger partial charge in [0.2, 0.25) is 0 Å². The third-order valence-electron chi connectivity index (χ3n) is 3.23. The maximum absolute atomic E-state index is 12.0.